The van der Waals surface area contributed by atoms with Crippen molar-refractivity contribution in [1.82, 2.24) is 19.9 Å². The molecular weight excluding hydrogens is 280 g/mol. The molecule has 0 aliphatic rings. The number of hydrogen-bond acceptors (Lipinski definition) is 4. The highest BCUT2D eigenvalue weighted by atomic mass is 16.5. The molecule has 3 aromatic rings. The number of para-hydroxylation sites is 1. The van der Waals surface area contributed by atoms with Crippen LogP contribution in [0.1, 0.15) is 16.8 Å². The summed E-state index contributed by atoms with van der Waals surface area (Å²) in [4.78, 5) is 16.1. The van der Waals surface area contributed by atoms with Gasteiger partial charge in [0, 0.05) is 18.9 Å². The van der Waals surface area contributed by atoms with E-state index < -0.39 is 0 Å². The van der Waals surface area contributed by atoms with Gasteiger partial charge in [0.25, 0.3) is 5.91 Å². The molecule has 0 aliphatic heterocycles. The monoisotopic (exact) mass is 296 g/mol. The van der Waals surface area contributed by atoms with Gasteiger partial charge in [-0.25, -0.2) is 4.52 Å². The van der Waals surface area contributed by atoms with Crippen molar-refractivity contribution in [2.75, 3.05) is 13.2 Å². The molecule has 0 unspecified atom stereocenters. The molecule has 3 rings (SSSR count). The molecule has 0 saturated carbocycles. The normalized spacial score (nSPS) is 10.5. The number of fused-ring (bicyclic) bond motifs is 1. The zero-order valence-corrected chi connectivity index (χ0v) is 12.0. The zero-order chi connectivity index (χ0) is 15.2. The lowest BCUT2D eigenvalue weighted by Crippen LogP contribution is -2.25. The quantitative estimate of drug-likeness (QED) is 0.706. The van der Waals surface area contributed by atoms with E-state index in [9.17, 15) is 4.79 Å². The van der Waals surface area contributed by atoms with Crippen LogP contribution >= 0.6 is 0 Å². The summed E-state index contributed by atoms with van der Waals surface area (Å²) in [6.07, 6.45) is 7.24. The SMILES string of the molecule is O=C(NCCCOc1ccccc1)c1cnn2ccncc12. The first-order valence-electron chi connectivity index (χ1n) is 7.08. The predicted octanol–water partition coefficient (Wildman–Crippen LogP) is 1.93. The largest absolute Gasteiger partial charge is 0.494 e. The zero-order valence-electron chi connectivity index (χ0n) is 12.0. The second-order valence-electron chi connectivity index (χ2n) is 4.74. The van der Waals surface area contributed by atoms with Crippen molar-refractivity contribution >= 4 is 11.4 Å². The Bertz CT molecular complexity index is 755. The van der Waals surface area contributed by atoms with E-state index in [1.165, 1.54) is 0 Å². The second kappa shape index (κ2) is 6.71. The van der Waals surface area contributed by atoms with Crippen molar-refractivity contribution in [2.45, 2.75) is 6.42 Å². The number of carbonyl (C=O) groups is 1. The van der Waals surface area contributed by atoms with Gasteiger partial charge in [0.15, 0.2) is 0 Å². The Kier molecular flexibility index (Phi) is 4.29. The summed E-state index contributed by atoms with van der Waals surface area (Å²) in [7, 11) is 0. The molecule has 0 fully saturated rings. The molecule has 0 bridgehead atoms. The van der Waals surface area contributed by atoms with Crippen LogP contribution in [0.2, 0.25) is 0 Å². The summed E-state index contributed by atoms with van der Waals surface area (Å²) >= 11 is 0. The first kappa shape index (κ1) is 14.1. The number of aromatic nitrogens is 3. The summed E-state index contributed by atoms with van der Waals surface area (Å²) in [6.45, 7) is 1.10. The molecule has 6 nitrogen and oxygen atoms in total. The number of hydrogen-bond donors (Lipinski definition) is 1. The Balaban J connectivity index is 1.47. The smallest absolute Gasteiger partial charge is 0.255 e. The lowest BCUT2D eigenvalue weighted by atomic mass is 10.2. The first-order valence-corrected chi connectivity index (χ1v) is 7.08. The number of carbonyl (C=O) groups excluding carboxylic acids is 1. The number of rotatable bonds is 6. The molecule has 1 N–H and O–H groups in total. The number of benzene rings is 1. The van der Waals surface area contributed by atoms with Crippen molar-refractivity contribution < 1.29 is 9.53 Å². The van der Waals surface area contributed by atoms with E-state index in [0.717, 1.165) is 12.2 Å². The molecular formula is C16H16N4O2. The van der Waals surface area contributed by atoms with Gasteiger partial charge in [-0.2, -0.15) is 5.10 Å². The summed E-state index contributed by atoms with van der Waals surface area (Å²) < 4.78 is 7.20. The van der Waals surface area contributed by atoms with Crippen molar-refractivity contribution in [1.29, 1.82) is 0 Å². The van der Waals surface area contributed by atoms with Gasteiger partial charge in [0.05, 0.1) is 30.1 Å². The van der Waals surface area contributed by atoms with Gasteiger partial charge in [-0.15, -0.1) is 0 Å². The maximum Gasteiger partial charge on any atom is 0.255 e. The van der Waals surface area contributed by atoms with Crippen LogP contribution in [0.25, 0.3) is 5.52 Å². The third-order valence-corrected chi connectivity index (χ3v) is 3.19. The van der Waals surface area contributed by atoms with Crippen molar-refractivity contribution in [2.24, 2.45) is 0 Å². The highest BCUT2D eigenvalue weighted by Gasteiger charge is 2.11. The van der Waals surface area contributed by atoms with Gasteiger partial charge in [-0.3, -0.25) is 9.78 Å². The van der Waals surface area contributed by atoms with Gasteiger partial charge in [0.1, 0.15) is 5.75 Å². The standard InChI is InChI=1S/C16H16N4O2/c21-16(14-11-19-20-9-8-17-12-15(14)20)18-7-4-10-22-13-5-2-1-3-6-13/h1-3,5-6,8-9,11-12H,4,7,10H2,(H,18,21). The average molecular weight is 296 g/mol. The van der Waals surface area contributed by atoms with Gasteiger partial charge < -0.3 is 10.1 Å². The fourth-order valence-electron chi connectivity index (χ4n) is 2.09. The number of nitrogens with one attached hydrogen (secondary N) is 1. The fourth-order valence-corrected chi connectivity index (χ4v) is 2.09. The summed E-state index contributed by atoms with van der Waals surface area (Å²) in [5, 5.41) is 6.98. The van der Waals surface area contributed by atoms with E-state index >= 15 is 0 Å². The van der Waals surface area contributed by atoms with Gasteiger partial charge in [0.2, 0.25) is 0 Å². The van der Waals surface area contributed by atoms with Gasteiger partial charge in [-0.1, -0.05) is 18.2 Å². The molecule has 22 heavy (non-hydrogen) atoms. The van der Waals surface area contributed by atoms with Crippen LogP contribution in [0.4, 0.5) is 0 Å². The molecule has 0 spiro atoms. The lowest BCUT2D eigenvalue weighted by molar-refractivity contribution is 0.0953. The molecule has 2 heterocycles. The van der Waals surface area contributed by atoms with E-state index in [4.69, 9.17) is 4.74 Å². The van der Waals surface area contributed by atoms with E-state index in [-0.39, 0.29) is 5.91 Å². The molecule has 1 aromatic carbocycles. The van der Waals surface area contributed by atoms with Crippen LogP contribution in [-0.4, -0.2) is 33.7 Å². The Morgan fingerprint density at radius 1 is 1.23 bits per heavy atom. The van der Waals surface area contributed by atoms with Crippen LogP contribution in [0.15, 0.2) is 55.1 Å². The number of ether oxygens (including phenoxy) is 1. The van der Waals surface area contributed by atoms with E-state index in [1.807, 2.05) is 30.3 Å². The Morgan fingerprint density at radius 2 is 2.09 bits per heavy atom. The molecule has 6 heteroatoms. The summed E-state index contributed by atoms with van der Waals surface area (Å²) in [5.41, 5.74) is 1.22. The van der Waals surface area contributed by atoms with Crippen molar-refractivity contribution in [3.63, 3.8) is 0 Å². The van der Waals surface area contributed by atoms with E-state index in [2.05, 4.69) is 15.4 Å². The van der Waals surface area contributed by atoms with Crippen LogP contribution in [0.5, 0.6) is 5.75 Å². The minimum Gasteiger partial charge on any atom is -0.494 e. The number of amides is 1. The third-order valence-electron chi connectivity index (χ3n) is 3.19. The highest BCUT2D eigenvalue weighted by molar-refractivity contribution is 6.00. The molecule has 1 amide bonds. The molecule has 2 aromatic heterocycles. The maximum atomic E-state index is 12.1. The van der Waals surface area contributed by atoms with Gasteiger partial charge in [-0.05, 0) is 18.6 Å². The average Bonchev–Trinajstić information content (AvgIpc) is 2.99. The summed E-state index contributed by atoms with van der Waals surface area (Å²) in [5.74, 6) is 0.685. The van der Waals surface area contributed by atoms with Crippen LogP contribution in [0, 0.1) is 0 Å². The topological polar surface area (TPSA) is 68.5 Å². The minimum atomic E-state index is -0.150. The van der Waals surface area contributed by atoms with Crippen LogP contribution in [0.3, 0.4) is 0 Å². The molecule has 0 atom stereocenters. The van der Waals surface area contributed by atoms with Crippen molar-refractivity contribution in [3.8, 4) is 5.75 Å². The van der Waals surface area contributed by atoms with E-state index in [0.29, 0.717) is 24.2 Å². The summed E-state index contributed by atoms with van der Waals surface area (Å²) in [6, 6.07) is 9.61. The predicted molar refractivity (Wildman–Crippen MR) is 81.9 cm³/mol. The fraction of sp³-hybridized carbons (Fsp3) is 0.188. The minimum absolute atomic E-state index is 0.150. The Labute approximate surface area is 127 Å². The van der Waals surface area contributed by atoms with Crippen LogP contribution in [-0.2, 0) is 0 Å². The van der Waals surface area contributed by atoms with Crippen molar-refractivity contribution in [3.05, 3.63) is 60.7 Å². The molecule has 0 saturated heterocycles. The molecule has 0 aliphatic carbocycles. The number of nitrogens with zero attached hydrogens (tertiary/aromatic N) is 3. The first-order chi connectivity index (χ1) is 10.8. The third kappa shape index (κ3) is 3.22. The second-order valence-corrected chi connectivity index (χ2v) is 4.74. The lowest BCUT2D eigenvalue weighted by Gasteiger charge is -2.06. The Hall–Kier alpha value is -2.89. The highest BCUT2D eigenvalue weighted by Crippen LogP contribution is 2.09. The molecule has 112 valence electrons. The van der Waals surface area contributed by atoms with E-state index in [1.54, 1.807) is 29.3 Å². The maximum absolute atomic E-state index is 12.1. The van der Waals surface area contributed by atoms with Gasteiger partial charge >= 0.3 is 0 Å². The Morgan fingerprint density at radius 3 is 2.95 bits per heavy atom. The molecule has 0 radical (unpaired) electrons. The van der Waals surface area contributed by atoms with Crippen LogP contribution < -0.4 is 10.1 Å².